The fraction of sp³-hybridized carbons (Fsp3) is 0.381. The molecule has 2 aromatic rings. The fourth-order valence-corrected chi connectivity index (χ4v) is 4.07. The Morgan fingerprint density at radius 3 is 2.29 bits per heavy atom. The summed E-state index contributed by atoms with van der Waals surface area (Å²) in [7, 11) is -0.412. The van der Waals surface area contributed by atoms with Gasteiger partial charge in [-0.05, 0) is 56.7 Å². The first-order chi connectivity index (χ1) is 13.2. The molecule has 0 aliphatic carbocycles. The Morgan fingerprint density at radius 2 is 1.71 bits per heavy atom. The molecule has 0 spiro atoms. The summed E-state index contributed by atoms with van der Waals surface area (Å²) < 4.78 is 32.1. The summed E-state index contributed by atoms with van der Waals surface area (Å²) in [5, 5.41) is 0. The third-order valence-corrected chi connectivity index (χ3v) is 6.52. The number of carbonyl (C=O) groups is 1. The van der Waals surface area contributed by atoms with Gasteiger partial charge in [0.05, 0.1) is 11.5 Å². The van der Waals surface area contributed by atoms with Crippen molar-refractivity contribution in [1.82, 2.24) is 9.21 Å². The molecule has 28 heavy (non-hydrogen) atoms. The van der Waals surface area contributed by atoms with E-state index in [1.165, 1.54) is 23.5 Å². The summed E-state index contributed by atoms with van der Waals surface area (Å²) in [6, 6.07) is 13.6. The van der Waals surface area contributed by atoms with Crippen LogP contribution in [-0.4, -0.2) is 50.3 Å². The van der Waals surface area contributed by atoms with E-state index in [1.54, 1.807) is 37.9 Å². The Kier molecular flexibility index (Phi) is 7.21. The van der Waals surface area contributed by atoms with Gasteiger partial charge in [0.25, 0.3) is 5.91 Å². The van der Waals surface area contributed by atoms with Crippen molar-refractivity contribution in [3.8, 4) is 5.75 Å². The van der Waals surface area contributed by atoms with Crippen molar-refractivity contribution in [3.05, 3.63) is 59.7 Å². The minimum atomic E-state index is -3.64. The van der Waals surface area contributed by atoms with E-state index in [0.717, 1.165) is 11.3 Å². The van der Waals surface area contributed by atoms with Gasteiger partial charge in [-0.3, -0.25) is 4.79 Å². The molecule has 0 saturated carbocycles. The number of sulfonamides is 1. The van der Waals surface area contributed by atoms with Gasteiger partial charge >= 0.3 is 0 Å². The third kappa shape index (κ3) is 5.11. The van der Waals surface area contributed by atoms with Crippen molar-refractivity contribution in [2.24, 2.45) is 0 Å². The van der Waals surface area contributed by atoms with Gasteiger partial charge in [-0.1, -0.05) is 18.2 Å². The first-order valence-corrected chi connectivity index (χ1v) is 10.7. The normalized spacial score (nSPS) is 11.7. The molecule has 1 amide bonds. The number of ether oxygens (including phenoxy) is 1. The van der Waals surface area contributed by atoms with Crippen LogP contribution in [0.15, 0.2) is 53.4 Å². The van der Waals surface area contributed by atoms with Crippen LogP contribution in [0.1, 0.15) is 36.7 Å². The second kappa shape index (κ2) is 9.21. The summed E-state index contributed by atoms with van der Waals surface area (Å²) in [6.07, 6.45) is 0. The van der Waals surface area contributed by atoms with E-state index in [2.05, 4.69) is 0 Å². The zero-order valence-corrected chi connectivity index (χ0v) is 17.9. The van der Waals surface area contributed by atoms with Crippen LogP contribution in [-0.2, 0) is 16.6 Å². The zero-order chi connectivity index (χ0) is 20.9. The fourth-order valence-electron chi connectivity index (χ4n) is 2.66. The number of amides is 1. The predicted molar refractivity (Wildman–Crippen MR) is 110 cm³/mol. The Balaban J connectivity index is 2.17. The second-order valence-corrected chi connectivity index (χ2v) is 8.88. The highest BCUT2D eigenvalue weighted by atomic mass is 32.2. The first kappa shape index (κ1) is 21.9. The highest BCUT2D eigenvalue weighted by Crippen LogP contribution is 2.19. The monoisotopic (exact) mass is 404 g/mol. The van der Waals surface area contributed by atoms with E-state index < -0.39 is 10.0 Å². The summed E-state index contributed by atoms with van der Waals surface area (Å²) in [5.74, 6) is 0.547. The Hall–Kier alpha value is -2.38. The molecule has 7 heteroatoms. The molecule has 0 aromatic heterocycles. The molecule has 2 aromatic carbocycles. The first-order valence-electron chi connectivity index (χ1n) is 9.22. The van der Waals surface area contributed by atoms with Crippen LogP contribution >= 0.6 is 0 Å². The van der Waals surface area contributed by atoms with Gasteiger partial charge in [0, 0.05) is 32.2 Å². The highest BCUT2D eigenvalue weighted by molar-refractivity contribution is 7.89. The number of nitrogens with zero attached hydrogens (tertiary/aromatic N) is 2. The lowest BCUT2D eigenvalue weighted by Crippen LogP contribution is -2.33. The average Bonchev–Trinajstić information content (AvgIpc) is 2.68. The smallest absolute Gasteiger partial charge is 0.253 e. The zero-order valence-electron chi connectivity index (χ0n) is 17.0. The quantitative estimate of drug-likeness (QED) is 0.676. The molecule has 152 valence electrons. The summed E-state index contributed by atoms with van der Waals surface area (Å²) >= 11 is 0. The number of carbonyl (C=O) groups excluding carboxylic acids is 1. The van der Waals surface area contributed by atoms with Crippen LogP contribution in [0.5, 0.6) is 5.75 Å². The number of hydrogen-bond donors (Lipinski definition) is 0. The molecule has 0 unspecified atom stereocenters. The summed E-state index contributed by atoms with van der Waals surface area (Å²) in [6.45, 7) is 6.54. The molecule has 0 heterocycles. The Morgan fingerprint density at radius 1 is 1.07 bits per heavy atom. The van der Waals surface area contributed by atoms with Crippen LogP contribution in [0, 0.1) is 0 Å². The molecule has 0 fully saturated rings. The third-order valence-electron chi connectivity index (χ3n) is 4.49. The van der Waals surface area contributed by atoms with Gasteiger partial charge in [0.15, 0.2) is 0 Å². The van der Waals surface area contributed by atoms with Crippen molar-refractivity contribution in [2.75, 3.05) is 20.7 Å². The summed E-state index contributed by atoms with van der Waals surface area (Å²) in [5.41, 5.74) is 1.30. The van der Waals surface area contributed by atoms with E-state index in [-0.39, 0.29) is 16.8 Å². The molecular formula is C21H28N2O4S. The van der Waals surface area contributed by atoms with Crippen molar-refractivity contribution in [2.45, 2.75) is 38.3 Å². The topological polar surface area (TPSA) is 66.9 Å². The molecule has 0 aliphatic heterocycles. The lowest BCUT2D eigenvalue weighted by Gasteiger charge is -2.22. The van der Waals surface area contributed by atoms with Crippen molar-refractivity contribution in [1.29, 1.82) is 0 Å². The van der Waals surface area contributed by atoms with Crippen molar-refractivity contribution in [3.63, 3.8) is 0 Å². The van der Waals surface area contributed by atoms with E-state index in [1.807, 2.05) is 31.2 Å². The standard InChI is InChI=1S/C21H28N2O4S/c1-6-27-19-12-10-17(11-13-19)15-22(4)21(24)18-8-7-9-20(14-18)28(25,26)23(5)16(2)3/h7-14,16H,6,15H2,1-5H3. The van der Waals surface area contributed by atoms with Gasteiger partial charge < -0.3 is 9.64 Å². The summed E-state index contributed by atoms with van der Waals surface area (Å²) in [4.78, 5) is 14.5. The van der Waals surface area contributed by atoms with Crippen LogP contribution in [0.4, 0.5) is 0 Å². The second-order valence-electron chi connectivity index (χ2n) is 6.88. The maximum absolute atomic E-state index is 12.8. The van der Waals surface area contributed by atoms with Crippen LogP contribution in [0.25, 0.3) is 0 Å². The molecule has 0 bridgehead atoms. The van der Waals surface area contributed by atoms with E-state index in [9.17, 15) is 13.2 Å². The van der Waals surface area contributed by atoms with Gasteiger partial charge in [-0.2, -0.15) is 4.31 Å². The Bertz CT molecular complexity index is 908. The number of rotatable bonds is 8. The largest absolute Gasteiger partial charge is 0.494 e. The molecular weight excluding hydrogens is 376 g/mol. The maximum Gasteiger partial charge on any atom is 0.253 e. The molecule has 0 N–H and O–H groups in total. The minimum absolute atomic E-state index is 0.115. The SMILES string of the molecule is CCOc1ccc(CN(C)C(=O)c2cccc(S(=O)(=O)N(C)C(C)C)c2)cc1. The minimum Gasteiger partial charge on any atom is -0.494 e. The Labute approximate surface area is 167 Å². The van der Waals surface area contributed by atoms with E-state index >= 15 is 0 Å². The number of benzene rings is 2. The molecule has 0 radical (unpaired) electrons. The number of hydrogen-bond acceptors (Lipinski definition) is 4. The molecule has 0 atom stereocenters. The average molecular weight is 405 g/mol. The van der Waals surface area contributed by atoms with Gasteiger partial charge in [-0.15, -0.1) is 0 Å². The maximum atomic E-state index is 12.8. The van der Waals surface area contributed by atoms with Gasteiger partial charge in [0.1, 0.15) is 5.75 Å². The molecule has 2 rings (SSSR count). The van der Waals surface area contributed by atoms with E-state index in [0.29, 0.717) is 18.7 Å². The van der Waals surface area contributed by atoms with E-state index in [4.69, 9.17) is 4.74 Å². The molecule has 6 nitrogen and oxygen atoms in total. The molecule has 0 saturated heterocycles. The highest BCUT2D eigenvalue weighted by Gasteiger charge is 2.24. The molecule has 0 aliphatic rings. The van der Waals surface area contributed by atoms with Crippen LogP contribution in [0.2, 0.25) is 0 Å². The van der Waals surface area contributed by atoms with Crippen molar-refractivity contribution < 1.29 is 17.9 Å². The van der Waals surface area contributed by atoms with Crippen LogP contribution < -0.4 is 4.74 Å². The van der Waals surface area contributed by atoms with Gasteiger partial charge in [0.2, 0.25) is 10.0 Å². The van der Waals surface area contributed by atoms with Crippen LogP contribution in [0.3, 0.4) is 0 Å². The lowest BCUT2D eigenvalue weighted by molar-refractivity contribution is 0.0785. The predicted octanol–water partition coefficient (Wildman–Crippen LogP) is 3.39. The van der Waals surface area contributed by atoms with Gasteiger partial charge in [-0.25, -0.2) is 8.42 Å². The van der Waals surface area contributed by atoms with Crippen molar-refractivity contribution >= 4 is 15.9 Å². The lowest BCUT2D eigenvalue weighted by atomic mass is 10.1.